The standard InChI is InChI=1S/C19H27ClN2O/c1-14-15(2)22(19-17(14)8-7-9-18(19)20)13-16(23)12-21-10-5-3-4-6-11-21/h7-9,16,23H,3-6,10-13H2,1-2H3/t16-/m1/s1. The van der Waals surface area contributed by atoms with E-state index >= 15 is 0 Å². The molecule has 1 aromatic heterocycles. The van der Waals surface area contributed by atoms with Crippen molar-refractivity contribution in [2.75, 3.05) is 19.6 Å². The minimum atomic E-state index is -0.363. The highest BCUT2D eigenvalue weighted by atomic mass is 35.5. The van der Waals surface area contributed by atoms with Crippen LogP contribution in [0.2, 0.25) is 5.02 Å². The molecule has 0 radical (unpaired) electrons. The number of β-amino-alcohol motifs (C(OH)–C–C–N with tert-alkyl or cyclic N) is 1. The molecule has 1 saturated heterocycles. The Morgan fingerprint density at radius 2 is 1.78 bits per heavy atom. The highest BCUT2D eigenvalue weighted by Crippen LogP contribution is 2.31. The van der Waals surface area contributed by atoms with Gasteiger partial charge in [-0.05, 0) is 51.4 Å². The molecular weight excluding hydrogens is 308 g/mol. The average molecular weight is 335 g/mol. The first-order valence-electron chi connectivity index (χ1n) is 8.72. The first-order chi connectivity index (χ1) is 11.1. The van der Waals surface area contributed by atoms with Gasteiger partial charge in [-0.25, -0.2) is 0 Å². The van der Waals surface area contributed by atoms with Crippen molar-refractivity contribution in [3.8, 4) is 0 Å². The SMILES string of the molecule is Cc1c(C)n(C[C@H](O)CN2CCCCCC2)c2c(Cl)cccc12. The van der Waals surface area contributed by atoms with Gasteiger partial charge in [-0.1, -0.05) is 36.6 Å². The van der Waals surface area contributed by atoms with Gasteiger partial charge in [0.2, 0.25) is 0 Å². The van der Waals surface area contributed by atoms with Crippen molar-refractivity contribution in [2.24, 2.45) is 0 Å². The van der Waals surface area contributed by atoms with E-state index in [4.69, 9.17) is 11.6 Å². The fourth-order valence-electron chi connectivity index (χ4n) is 3.77. The second-order valence-electron chi connectivity index (χ2n) is 6.83. The molecule has 3 nitrogen and oxygen atoms in total. The van der Waals surface area contributed by atoms with Crippen LogP contribution in [0.25, 0.3) is 10.9 Å². The predicted molar refractivity (Wildman–Crippen MR) is 97.3 cm³/mol. The number of hydrogen-bond acceptors (Lipinski definition) is 2. The van der Waals surface area contributed by atoms with E-state index in [2.05, 4.69) is 29.4 Å². The van der Waals surface area contributed by atoms with Gasteiger partial charge in [0.05, 0.1) is 23.2 Å². The Kier molecular flexibility index (Phi) is 5.30. The maximum atomic E-state index is 10.6. The number of nitrogens with zero attached hydrogens (tertiary/aromatic N) is 2. The van der Waals surface area contributed by atoms with Gasteiger partial charge in [0.1, 0.15) is 0 Å². The number of halogens is 1. The van der Waals surface area contributed by atoms with E-state index in [0.29, 0.717) is 6.54 Å². The number of aryl methyl sites for hydroxylation is 1. The summed E-state index contributed by atoms with van der Waals surface area (Å²) in [6, 6.07) is 6.04. The first-order valence-corrected chi connectivity index (χ1v) is 9.10. The second kappa shape index (κ2) is 7.25. The fraction of sp³-hybridized carbons (Fsp3) is 0.579. The van der Waals surface area contributed by atoms with Gasteiger partial charge in [-0.15, -0.1) is 0 Å². The molecule has 0 spiro atoms. The number of benzene rings is 1. The van der Waals surface area contributed by atoms with Gasteiger partial charge in [0.15, 0.2) is 0 Å². The summed E-state index contributed by atoms with van der Waals surface area (Å²) in [5, 5.41) is 12.6. The number of rotatable bonds is 4. The molecule has 126 valence electrons. The normalized spacial score (nSPS) is 18.3. The van der Waals surface area contributed by atoms with Crippen LogP contribution in [0, 0.1) is 13.8 Å². The lowest BCUT2D eigenvalue weighted by atomic mass is 10.2. The molecule has 0 amide bonds. The third-order valence-corrected chi connectivity index (χ3v) is 5.47. The number of aliphatic hydroxyl groups is 1. The number of hydrogen-bond donors (Lipinski definition) is 1. The van der Waals surface area contributed by atoms with E-state index in [1.54, 1.807) is 0 Å². The van der Waals surface area contributed by atoms with Crippen molar-refractivity contribution >= 4 is 22.5 Å². The Hall–Kier alpha value is -1.03. The Balaban J connectivity index is 1.79. The third kappa shape index (κ3) is 3.57. The molecule has 0 saturated carbocycles. The Morgan fingerprint density at radius 3 is 2.48 bits per heavy atom. The van der Waals surface area contributed by atoms with Crippen LogP contribution in [0.15, 0.2) is 18.2 Å². The molecule has 0 unspecified atom stereocenters. The molecule has 1 fully saturated rings. The molecule has 1 aliphatic rings. The van der Waals surface area contributed by atoms with Crippen LogP contribution < -0.4 is 0 Å². The molecule has 1 atom stereocenters. The molecule has 1 N–H and O–H groups in total. The van der Waals surface area contributed by atoms with Gasteiger partial charge < -0.3 is 14.6 Å². The summed E-state index contributed by atoms with van der Waals surface area (Å²) in [5.74, 6) is 0. The zero-order valence-electron chi connectivity index (χ0n) is 14.2. The van der Waals surface area contributed by atoms with Crippen LogP contribution in [0.3, 0.4) is 0 Å². The molecule has 3 rings (SSSR count). The Labute approximate surface area is 143 Å². The Morgan fingerprint density at radius 1 is 1.09 bits per heavy atom. The minimum absolute atomic E-state index is 0.363. The number of aliphatic hydroxyl groups excluding tert-OH is 1. The van der Waals surface area contributed by atoms with Gasteiger partial charge in [-0.3, -0.25) is 0 Å². The van der Waals surface area contributed by atoms with Gasteiger partial charge in [-0.2, -0.15) is 0 Å². The Bertz CT molecular complexity index is 672. The summed E-state index contributed by atoms with van der Waals surface area (Å²) >= 11 is 6.43. The van der Waals surface area contributed by atoms with Crippen molar-refractivity contribution < 1.29 is 5.11 Å². The number of aromatic nitrogens is 1. The molecule has 2 heterocycles. The summed E-state index contributed by atoms with van der Waals surface area (Å²) in [6.45, 7) is 7.83. The van der Waals surface area contributed by atoms with Gasteiger partial charge >= 0.3 is 0 Å². The molecule has 4 heteroatoms. The zero-order valence-corrected chi connectivity index (χ0v) is 14.9. The molecule has 23 heavy (non-hydrogen) atoms. The average Bonchev–Trinajstić information content (AvgIpc) is 2.72. The third-order valence-electron chi connectivity index (χ3n) is 5.17. The summed E-state index contributed by atoms with van der Waals surface area (Å²) < 4.78 is 2.19. The van der Waals surface area contributed by atoms with E-state index in [-0.39, 0.29) is 6.10 Å². The van der Waals surface area contributed by atoms with E-state index in [1.165, 1.54) is 42.3 Å². The van der Waals surface area contributed by atoms with E-state index in [1.807, 2.05) is 12.1 Å². The van der Waals surface area contributed by atoms with Crippen molar-refractivity contribution in [1.29, 1.82) is 0 Å². The van der Waals surface area contributed by atoms with Crippen molar-refractivity contribution in [3.05, 3.63) is 34.5 Å². The van der Waals surface area contributed by atoms with Gasteiger partial charge in [0, 0.05) is 17.6 Å². The van der Waals surface area contributed by atoms with E-state index in [9.17, 15) is 5.11 Å². The largest absolute Gasteiger partial charge is 0.390 e. The molecular formula is C19H27ClN2O. The van der Waals surface area contributed by atoms with Gasteiger partial charge in [0.25, 0.3) is 0 Å². The molecule has 1 aromatic carbocycles. The monoisotopic (exact) mass is 334 g/mol. The lowest BCUT2D eigenvalue weighted by Crippen LogP contribution is -2.35. The van der Waals surface area contributed by atoms with Crippen LogP contribution in [0.5, 0.6) is 0 Å². The summed E-state index contributed by atoms with van der Waals surface area (Å²) in [4.78, 5) is 2.41. The van der Waals surface area contributed by atoms with Crippen LogP contribution in [-0.4, -0.2) is 40.3 Å². The first kappa shape index (κ1) is 16.8. The maximum Gasteiger partial charge on any atom is 0.0845 e. The molecule has 0 bridgehead atoms. The number of likely N-dealkylation sites (tertiary alicyclic amines) is 1. The van der Waals surface area contributed by atoms with Crippen molar-refractivity contribution in [1.82, 2.24) is 9.47 Å². The minimum Gasteiger partial charge on any atom is -0.390 e. The van der Waals surface area contributed by atoms with Crippen molar-refractivity contribution in [3.63, 3.8) is 0 Å². The summed E-state index contributed by atoms with van der Waals surface area (Å²) in [6.07, 6.45) is 4.79. The van der Waals surface area contributed by atoms with Crippen molar-refractivity contribution in [2.45, 2.75) is 52.2 Å². The van der Waals surface area contributed by atoms with Crippen LogP contribution >= 0.6 is 11.6 Å². The number of fused-ring (bicyclic) bond motifs is 1. The molecule has 0 aliphatic carbocycles. The smallest absolute Gasteiger partial charge is 0.0845 e. The highest BCUT2D eigenvalue weighted by molar-refractivity contribution is 6.35. The van der Waals surface area contributed by atoms with E-state index in [0.717, 1.165) is 30.2 Å². The molecule has 1 aliphatic heterocycles. The fourth-order valence-corrected chi connectivity index (χ4v) is 4.05. The number of para-hydroxylation sites is 1. The predicted octanol–water partition coefficient (Wildman–Crippen LogP) is 4.15. The van der Waals surface area contributed by atoms with Crippen LogP contribution in [-0.2, 0) is 6.54 Å². The summed E-state index contributed by atoms with van der Waals surface area (Å²) in [7, 11) is 0. The van der Waals surface area contributed by atoms with E-state index < -0.39 is 0 Å². The topological polar surface area (TPSA) is 28.4 Å². The van der Waals surface area contributed by atoms with Crippen LogP contribution in [0.1, 0.15) is 36.9 Å². The van der Waals surface area contributed by atoms with Crippen LogP contribution in [0.4, 0.5) is 0 Å². The quantitative estimate of drug-likeness (QED) is 0.909. The summed E-state index contributed by atoms with van der Waals surface area (Å²) in [5.41, 5.74) is 3.51. The lowest BCUT2D eigenvalue weighted by Gasteiger charge is -2.24. The second-order valence-corrected chi connectivity index (χ2v) is 7.23. The maximum absolute atomic E-state index is 10.6. The molecule has 2 aromatic rings. The highest BCUT2D eigenvalue weighted by Gasteiger charge is 2.18. The lowest BCUT2D eigenvalue weighted by molar-refractivity contribution is 0.100. The zero-order chi connectivity index (χ0) is 16.4.